The molecule has 2 aromatic carbocycles. The molecule has 8 nitrogen and oxygen atoms in total. The van der Waals surface area contributed by atoms with Gasteiger partial charge in [-0.2, -0.15) is 0 Å². The van der Waals surface area contributed by atoms with Crippen molar-refractivity contribution >= 4 is 38.1 Å². The summed E-state index contributed by atoms with van der Waals surface area (Å²) < 4.78 is 37.8. The Kier molecular flexibility index (Phi) is 6.35. The Labute approximate surface area is 172 Å². The highest BCUT2D eigenvalue weighted by atomic mass is 32.2. The Bertz CT molecular complexity index is 1080. The van der Waals surface area contributed by atoms with Gasteiger partial charge in [-0.05, 0) is 48.9 Å². The van der Waals surface area contributed by atoms with E-state index in [1.165, 1.54) is 48.9 Å². The molecule has 0 fully saturated rings. The zero-order chi connectivity index (χ0) is 20.9. The summed E-state index contributed by atoms with van der Waals surface area (Å²) >= 11 is 1.18. The first-order valence-electron chi connectivity index (χ1n) is 8.47. The lowest BCUT2D eigenvalue weighted by Gasteiger charge is -2.12. The van der Waals surface area contributed by atoms with Gasteiger partial charge >= 0.3 is 0 Å². The predicted octanol–water partition coefficient (Wildman–Crippen LogP) is 3.28. The lowest BCUT2D eigenvalue weighted by molar-refractivity contribution is -0.118. The number of carbonyl (C=O) groups is 1. The molecule has 0 bridgehead atoms. The molecule has 152 valence electrons. The van der Waals surface area contributed by atoms with Crippen molar-refractivity contribution in [2.45, 2.75) is 11.8 Å². The van der Waals surface area contributed by atoms with Gasteiger partial charge in [0.05, 0.1) is 12.0 Å². The van der Waals surface area contributed by atoms with E-state index in [4.69, 9.17) is 9.47 Å². The van der Waals surface area contributed by atoms with Crippen molar-refractivity contribution in [3.05, 3.63) is 59.6 Å². The molecule has 10 heteroatoms. The van der Waals surface area contributed by atoms with Crippen LogP contribution < -0.4 is 19.5 Å². The van der Waals surface area contributed by atoms with Gasteiger partial charge in [-0.3, -0.25) is 9.52 Å². The van der Waals surface area contributed by atoms with Gasteiger partial charge < -0.3 is 14.8 Å². The second-order valence-corrected chi connectivity index (χ2v) is 8.54. The number of rotatable bonds is 8. The van der Waals surface area contributed by atoms with Gasteiger partial charge in [0.1, 0.15) is 0 Å². The predicted molar refractivity (Wildman–Crippen MR) is 111 cm³/mol. The van der Waals surface area contributed by atoms with Crippen LogP contribution in [0.3, 0.4) is 0 Å². The van der Waals surface area contributed by atoms with Crippen LogP contribution in [-0.2, 0) is 14.8 Å². The van der Waals surface area contributed by atoms with Gasteiger partial charge in [0.25, 0.3) is 15.9 Å². The summed E-state index contributed by atoms with van der Waals surface area (Å²) in [7, 11) is -2.21. The van der Waals surface area contributed by atoms with Crippen LogP contribution in [0.4, 0.5) is 10.8 Å². The molecular weight excluding hydrogens is 414 g/mol. The zero-order valence-electron chi connectivity index (χ0n) is 15.7. The van der Waals surface area contributed by atoms with Gasteiger partial charge in [0.2, 0.25) is 0 Å². The number of anilines is 2. The number of amides is 1. The van der Waals surface area contributed by atoms with E-state index < -0.39 is 10.0 Å². The molecule has 1 amide bonds. The number of ether oxygens (including phenoxy) is 2. The minimum atomic E-state index is -3.74. The molecular formula is C19H19N3O5S2. The Morgan fingerprint density at radius 2 is 1.90 bits per heavy atom. The van der Waals surface area contributed by atoms with E-state index in [9.17, 15) is 13.2 Å². The molecule has 0 spiro atoms. The quantitative estimate of drug-likeness (QED) is 0.565. The zero-order valence-corrected chi connectivity index (χ0v) is 17.3. The van der Waals surface area contributed by atoms with E-state index in [2.05, 4.69) is 15.0 Å². The van der Waals surface area contributed by atoms with Crippen LogP contribution in [0.1, 0.15) is 5.56 Å². The third-order valence-electron chi connectivity index (χ3n) is 3.78. The average molecular weight is 434 g/mol. The molecule has 2 N–H and O–H groups in total. The molecule has 1 aromatic heterocycles. The van der Waals surface area contributed by atoms with Crippen molar-refractivity contribution in [2.75, 3.05) is 23.8 Å². The molecule has 0 saturated heterocycles. The molecule has 0 radical (unpaired) electrons. The van der Waals surface area contributed by atoms with Gasteiger partial charge in [0, 0.05) is 17.3 Å². The number of hydrogen-bond donors (Lipinski definition) is 2. The lowest BCUT2D eigenvalue weighted by Crippen LogP contribution is -2.20. The number of benzene rings is 2. The van der Waals surface area contributed by atoms with Crippen molar-refractivity contribution in [2.24, 2.45) is 0 Å². The van der Waals surface area contributed by atoms with E-state index in [1.807, 2.05) is 19.1 Å². The fraction of sp³-hybridized carbons (Fsp3) is 0.158. The maximum Gasteiger partial charge on any atom is 0.263 e. The van der Waals surface area contributed by atoms with Gasteiger partial charge in [-0.25, -0.2) is 13.4 Å². The van der Waals surface area contributed by atoms with E-state index in [0.29, 0.717) is 17.2 Å². The monoisotopic (exact) mass is 433 g/mol. The van der Waals surface area contributed by atoms with Crippen LogP contribution in [0.2, 0.25) is 0 Å². The minimum absolute atomic E-state index is 0.0614. The summed E-state index contributed by atoms with van der Waals surface area (Å²) in [5.74, 6) is 0.618. The normalized spacial score (nSPS) is 11.0. The van der Waals surface area contributed by atoms with Crippen molar-refractivity contribution in [1.82, 2.24) is 4.98 Å². The molecule has 0 aliphatic rings. The number of aromatic nitrogens is 1. The van der Waals surface area contributed by atoms with Crippen LogP contribution in [0.25, 0.3) is 0 Å². The third-order valence-corrected chi connectivity index (χ3v) is 5.95. The Morgan fingerprint density at radius 1 is 1.14 bits per heavy atom. The number of nitrogens with zero attached hydrogens (tertiary/aromatic N) is 1. The summed E-state index contributed by atoms with van der Waals surface area (Å²) in [5.41, 5.74) is 1.46. The third kappa shape index (κ3) is 5.46. The maximum atomic E-state index is 12.3. The maximum absolute atomic E-state index is 12.3. The van der Waals surface area contributed by atoms with Gasteiger partial charge in [-0.15, -0.1) is 11.3 Å². The summed E-state index contributed by atoms with van der Waals surface area (Å²) in [6.45, 7) is 1.71. The lowest BCUT2D eigenvalue weighted by atomic mass is 10.2. The molecule has 1 heterocycles. The highest BCUT2D eigenvalue weighted by Crippen LogP contribution is 2.27. The number of sulfonamides is 1. The number of carbonyl (C=O) groups excluding carboxylic acids is 1. The number of hydrogen-bond acceptors (Lipinski definition) is 7. The number of aryl methyl sites for hydroxylation is 1. The van der Waals surface area contributed by atoms with Gasteiger partial charge in [-0.1, -0.05) is 6.07 Å². The van der Waals surface area contributed by atoms with Gasteiger partial charge in [0.15, 0.2) is 23.2 Å². The van der Waals surface area contributed by atoms with Crippen molar-refractivity contribution in [1.29, 1.82) is 0 Å². The minimum Gasteiger partial charge on any atom is -0.493 e. The Morgan fingerprint density at radius 3 is 2.55 bits per heavy atom. The number of thiazole rings is 1. The molecule has 0 aliphatic carbocycles. The highest BCUT2D eigenvalue weighted by Gasteiger charge is 2.15. The first-order chi connectivity index (χ1) is 13.9. The van der Waals surface area contributed by atoms with Crippen molar-refractivity contribution < 1.29 is 22.7 Å². The van der Waals surface area contributed by atoms with Crippen LogP contribution in [0.15, 0.2) is 58.9 Å². The molecule has 0 saturated carbocycles. The first-order valence-corrected chi connectivity index (χ1v) is 10.8. The topological polar surface area (TPSA) is 107 Å². The standard InChI is InChI=1S/C19H19N3O5S2/c1-13-3-8-16(17(11-13)26-2)27-12-18(23)21-14-4-6-15(7-5-14)29(24,25)22-19-20-9-10-28-19/h3-11H,12H2,1-2H3,(H,20,22)(H,21,23). The summed E-state index contributed by atoms with van der Waals surface area (Å²) in [6, 6.07) is 11.2. The van der Waals surface area contributed by atoms with Crippen LogP contribution in [0, 0.1) is 6.92 Å². The summed E-state index contributed by atoms with van der Waals surface area (Å²) in [5, 5.41) is 4.61. The second-order valence-electron chi connectivity index (χ2n) is 5.96. The van der Waals surface area contributed by atoms with Crippen LogP contribution >= 0.6 is 11.3 Å². The second kappa shape index (κ2) is 8.93. The number of methoxy groups -OCH3 is 1. The molecule has 3 rings (SSSR count). The van der Waals surface area contributed by atoms with E-state index in [0.717, 1.165) is 5.56 Å². The van der Waals surface area contributed by atoms with E-state index in [-0.39, 0.29) is 22.5 Å². The summed E-state index contributed by atoms with van der Waals surface area (Å²) in [4.78, 5) is 16.1. The number of nitrogens with one attached hydrogen (secondary N) is 2. The molecule has 0 atom stereocenters. The largest absolute Gasteiger partial charge is 0.493 e. The molecule has 3 aromatic rings. The molecule has 0 aliphatic heterocycles. The van der Waals surface area contributed by atoms with Crippen LogP contribution in [0.5, 0.6) is 11.5 Å². The summed E-state index contributed by atoms with van der Waals surface area (Å²) in [6.07, 6.45) is 1.51. The fourth-order valence-electron chi connectivity index (χ4n) is 2.40. The smallest absolute Gasteiger partial charge is 0.263 e. The first kappa shape index (κ1) is 20.6. The van der Waals surface area contributed by atoms with Crippen LogP contribution in [-0.4, -0.2) is 33.0 Å². The van der Waals surface area contributed by atoms with Crippen molar-refractivity contribution in [3.63, 3.8) is 0 Å². The van der Waals surface area contributed by atoms with E-state index in [1.54, 1.807) is 11.4 Å². The average Bonchev–Trinajstić information content (AvgIpc) is 3.19. The van der Waals surface area contributed by atoms with E-state index >= 15 is 0 Å². The molecule has 0 unspecified atom stereocenters. The Balaban J connectivity index is 1.59. The SMILES string of the molecule is COc1cc(C)ccc1OCC(=O)Nc1ccc(S(=O)(=O)Nc2nccs2)cc1. The fourth-order valence-corrected chi connectivity index (χ4v) is 4.19. The van der Waals surface area contributed by atoms with Crippen molar-refractivity contribution in [3.8, 4) is 11.5 Å². The highest BCUT2D eigenvalue weighted by molar-refractivity contribution is 7.93. The Hall–Kier alpha value is -3.11. The molecule has 29 heavy (non-hydrogen) atoms.